The molecule has 0 aliphatic carbocycles. The van der Waals surface area contributed by atoms with Crippen molar-refractivity contribution in [2.24, 2.45) is 12.5 Å². The van der Waals surface area contributed by atoms with Crippen LogP contribution in [0.15, 0.2) is 0 Å². The summed E-state index contributed by atoms with van der Waals surface area (Å²) in [5.74, 6) is 0.670. The summed E-state index contributed by atoms with van der Waals surface area (Å²) in [4.78, 5) is 0. The average Bonchev–Trinajstić information content (AvgIpc) is 2.62. The van der Waals surface area contributed by atoms with Gasteiger partial charge in [0.05, 0.1) is 16.4 Å². The second-order valence-corrected chi connectivity index (χ2v) is 5.35. The van der Waals surface area contributed by atoms with Crippen molar-refractivity contribution >= 4 is 23.2 Å². The SMILES string of the molecule is CCc1nn(C)c(CC(CC)(CC)CCl)c1Cl. The highest BCUT2D eigenvalue weighted by atomic mass is 35.5. The van der Waals surface area contributed by atoms with E-state index in [1.54, 1.807) is 0 Å². The lowest BCUT2D eigenvalue weighted by Gasteiger charge is -2.29. The van der Waals surface area contributed by atoms with Crippen LogP contribution in [0.1, 0.15) is 45.0 Å². The molecule has 17 heavy (non-hydrogen) atoms. The Hall–Kier alpha value is -0.210. The summed E-state index contributed by atoms with van der Waals surface area (Å²) >= 11 is 12.5. The first kappa shape index (κ1) is 14.8. The third-order valence-electron chi connectivity index (χ3n) is 3.83. The van der Waals surface area contributed by atoms with Crippen LogP contribution in [0.4, 0.5) is 0 Å². The van der Waals surface area contributed by atoms with Crippen LogP contribution in [0.3, 0.4) is 0 Å². The van der Waals surface area contributed by atoms with Gasteiger partial charge in [0, 0.05) is 12.9 Å². The van der Waals surface area contributed by atoms with Gasteiger partial charge in [-0.15, -0.1) is 11.6 Å². The minimum atomic E-state index is 0.143. The number of nitrogens with zero attached hydrogens (tertiary/aromatic N) is 2. The predicted molar refractivity (Wildman–Crippen MR) is 75.0 cm³/mol. The Morgan fingerprint density at radius 2 is 1.82 bits per heavy atom. The maximum absolute atomic E-state index is 6.38. The minimum absolute atomic E-state index is 0.143. The molecular formula is C13H22Cl2N2. The van der Waals surface area contributed by atoms with Gasteiger partial charge < -0.3 is 0 Å². The Bertz CT molecular complexity index is 359. The summed E-state index contributed by atoms with van der Waals surface area (Å²) in [6.07, 6.45) is 3.91. The summed E-state index contributed by atoms with van der Waals surface area (Å²) in [5.41, 5.74) is 2.25. The molecule has 0 bridgehead atoms. The van der Waals surface area contributed by atoms with E-state index in [0.29, 0.717) is 5.88 Å². The van der Waals surface area contributed by atoms with Gasteiger partial charge in [-0.1, -0.05) is 32.4 Å². The molecule has 0 aromatic carbocycles. The van der Waals surface area contributed by atoms with Crippen molar-refractivity contribution in [1.29, 1.82) is 0 Å². The Balaban J connectivity index is 3.05. The normalized spacial score (nSPS) is 12.1. The van der Waals surface area contributed by atoms with Crippen LogP contribution in [-0.2, 0) is 19.9 Å². The van der Waals surface area contributed by atoms with Gasteiger partial charge in [0.15, 0.2) is 0 Å². The molecule has 98 valence electrons. The van der Waals surface area contributed by atoms with Gasteiger partial charge in [-0.25, -0.2) is 0 Å². The molecule has 0 N–H and O–H groups in total. The Labute approximate surface area is 114 Å². The molecule has 0 spiro atoms. The molecule has 0 atom stereocenters. The zero-order valence-electron chi connectivity index (χ0n) is 11.2. The van der Waals surface area contributed by atoms with E-state index in [0.717, 1.165) is 42.1 Å². The van der Waals surface area contributed by atoms with E-state index >= 15 is 0 Å². The molecule has 2 nitrogen and oxygen atoms in total. The predicted octanol–water partition coefficient (Wildman–Crippen LogP) is 4.22. The second-order valence-electron chi connectivity index (χ2n) is 4.70. The summed E-state index contributed by atoms with van der Waals surface area (Å²) in [7, 11) is 1.96. The first-order valence-corrected chi connectivity index (χ1v) is 7.21. The lowest BCUT2D eigenvalue weighted by Crippen LogP contribution is -2.25. The molecule has 4 heteroatoms. The van der Waals surface area contributed by atoms with Crippen LogP contribution >= 0.6 is 23.2 Å². The Morgan fingerprint density at radius 1 is 1.24 bits per heavy atom. The molecule has 0 radical (unpaired) electrons. The van der Waals surface area contributed by atoms with Crippen LogP contribution in [0, 0.1) is 5.41 Å². The highest BCUT2D eigenvalue weighted by Gasteiger charge is 2.28. The van der Waals surface area contributed by atoms with Crippen molar-refractivity contribution in [2.45, 2.75) is 46.5 Å². The van der Waals surface area contributed by atoms with Gasteiger partial charge in [-0.2, -0.15) is 5.10 Å². The molecule has 1 aromatic rings. The van der Waals surface area contributed by atoms with Gasteiger partial charge in [0.2, 0.25) is 0 Å². The van der Waals surface area contributed by atoms with Gasteiger partial charge in [0.25, 0.3) is 0 Å². The van der Waals surface area contributed by atoms with E-state index in [1.165, 1.54) is 0 Å². The van der Waals surface area contributed by atoms with Crippen molar-refractivity contribution in [3.8, 4) is 0 Å². The van der Waals surface area contributed by atoms with Crippen LogP contribution in [-0.4, -0.2) is 15.7 Å². The number of halogens is 2. The summed E-state index contributed by atoms with van der Waals surface area (Å²) in [6.45, 7) is 6.46. The highest BCUT2D eigenvalue weighted by Crippen LogP contribution is 2.35. The standard InChI is InChI=1S/C13H22Cl2N2/c1-5-10-12(15)11(17(4)16-10)8-13(6-2,7-3)9-14/h5-9H2,1-4H3. The lowest BCUT2D eigenvalue weighted by molar-refractivity contribution is 0.294. The Kier molecular flexibility index (Phi) is 5.33. The molecule has 0 unspecified atom stereocenters. The summed E-state index contributed by atoms with van der Waals surface area (Å²) in [6, 6.07) is 0. The fourth-order valence-electron chi connectivity index (χ4n) is 2.10. The quantitative estimate of drug-likeness (QED) is 0.712. The maximum atomic E-state index is 6.38. The average molecular weight is 277 g/mol. The monoisotopic (exact) mass is 276 g/mol. The maximum Gasteiger partial charge on any atom is 0.0849 e. The molecule has 1 aromatic heterocycles. The van der Waals surface area contributed by atoms with E-state index in [2.05, 4.69) is 25.9 Å². The molecule has 1 heterocycles. The number of rotatable bonds is 6. The van der Waals surface area contributed by atoms with E-state index in [4.69, 9.17) is 23.2 Å². The van der Waals surface area contributed by atoms with Crippen molar-refractivity contribution in [3.63, 3.8) is 0 Å². The fraction of sp³-hybridized carbons (Fsp3) is 0.769. The van der Waals surface area contributed by atoms with Crippen molar-refractivity contribution in [3.05, 3.63) is 16.4 Å². The largest absolute Gasteiger partial charge is 0.271 e. The van der Waals surface area contributed by atoms with Gasteiger partial charge >= 0.3 is 0 Å². The lowest BCUT2D eigenvalue weighted by atomic mass is 9.80. The van der Waals surface area contributed by atoms with Crippen LogP contribution in [0.5, 0.6) is 0 Å². The molecule has 0 aliphatic heterocycles. The molecule has 0 saturated heterocycles. The summed E-state index contributed by atoms with van der Waals surface area (Å²) in [5, 5.41) is 5.28. The molecule has 1 rings (SSSR count). The Morgan fingerprint density at radius 3 is 2.18 bits per heavy atom. The zero-order chi connectivity index (χ0) is 13.1. The zero-order valence-corrected chi connectivity index (χ0v) is 12.7. The van der Waals surface area contributed by atoms with E-state index in [1.807, 2.05) is 11.7 Å². The fourth-order valence-corrected chi connectivity index (χ4v) is 2.94. The molecule has 0 aliphatic rings. The van der Waals surface area contributed by atoms with Crippen LogP contribution in [0.2, 0.25) is 5.02 Å². The van der Waals surface area contributed by atoms with E-state index < -0.39 is 0 Å². The van der Waals surface area contributed by atoms with E-state index in [9.17, 15) is 0 Å². The smallest absolute Gasteiger partial charge is 0.0849 e. The number of aromatic nitrogens is 2. The number of aryl methyl sites for hydroxylation is 2. The third kappa shape index (κ3) is 2.97. The topological polar surface area (TPSA) is 17.8 Å². The number of alkyl halides is 1. The van der Waals surface area contributed by atoms with Crippen molar-refractivity contribution in [2.75, 3.05) is 5.88 Å². The first-order chi connectivity index (χ1) is 8.03. The molecule has 0 amide bonds. The van der Waals surface area contributed by atoms with Crippen LogP contribution in [0.25, 0.3) is 0 Å². The van der Waals surface area contributed by atoms with Crippen molar-refractivity contribution in [1.82, 2.24) is 9.78 Å². The summed E-state index contributed by atoms with van der Waals surface area (Å²) < 4.78 is 1.91. The third-order valence-corrected chi connectivity index (χ3v) is 4.83. The van der Waals surface area contributed by atoms with Gasteiger partial charge in [-0.3, -0.25) is 4.68 Å². The second kappa shape index (κ2) is 6.10. The van der Waals surface area contributed by atoms with E-state index in [-0.39, 0.29) is 5.41 Å². The van der Waals surface area contributed by atoms with Crippen LogP contribution < -0.4 is 0 Å². The first-order valence-electron chi connectivity index (χ1n) is 6.29. The highest BCUT2D eigenvalue weighted by molar-refractivity contribution is 6.31. The molecule has 0 saturated carbocycles. The van der Waals surface area contributed by atoms with Crippen molar-refractivity contribution < 1.29 is 0 Å². The molecule has 0 fully saturated rings. The molecular weight excluding hydrogens is 255 g/mol. The number of hydrogen-bond donors (Lipinski definition) is 0. The van der Waals surface area contributed by atoms with Gasteiger partial charge in [-0.05, 0) is 31.1 Å². The number of hydrogen-bond acceptors (Lipinski definition) is 1. The minimum Gasteiger partial charge on any atom is -0.271 e. The van der Waals surface area contributed by atoms with Gasteiger partial charge in [0.1, 0.15) is 0 Å².